The Balaban J connectivity index is 1.61. The molecule has 0 saturated carbocycles. The van der Waals surface area contributed by atoms with Gasteiger partial charge in [0.15, 0.2) is 0 Å². The molecular weight excluding hydrogens is 344 g/mol. The highest BCUT2D eigenvalue weighted by atomic mass is 32.1. The number of hydrogen-bond acceptors (Lipinski definition) is 5. The van der Waals surface area contributed by atoms with Crippen molar-refractivity contribution in [2.24, 2.45) is 0 Å². The second-order valence-electron chi connectivity index (χ2n) is 6.80. The third-order valence-electron chi connectivity index (χ3n) is 4.85. The van der Waals surface area contributed by atoms with Crippen LogP contribution in [0.2, 0.25) is 0 Å². The summed E-state index contributed by atoms with van der Waals surface area (Å²) in [6.45, 7) is 6.63. The van der Waals surface area contributed by atoms with E-state index in [4.69, 9.17) is 0 Å². The molecule has 5 nitrogen and oxygen atoms in total. The van der Waals surface area contributed by atoms with Gasteiger partial charge in [0.05, 0.1) is 10.3 Å². The molecule has 2 aromatic heterocycles. The molecule has 6 heteroatoms. The summed E-state index contributed by atoms with van der Waals surface area (Å²) in [5.74, 6) is 0.929. The van der Waals surface area contributed by atoms with Crippen molar-refractivity contribution in [1.29, 1.82) is 0 Å². The van der Waals surface area contributed by atoms with Crippen LogP contribution in [0.1, 0.15) is 39.2 Å². The zero-order chi connectivity index (χ0) is 18.1. The molecule has 1 aliphatic heterocycles. The molecule has 0 atom stereocenters. The summed E-state index contributed by atoms with van der Waals surface area (Å²) in [6.07, 6.45) is 4.00. The minimum Gasteiger partial charge on any atom is -0.356 e. The molecule has 1 fully saturated rings. The molecular formula is C20H22N4OS. The first-order chi connectivity index (χ1) is 12.6. The number of nitrogens with one attached hydrogen (secondary N) is 1. The number of rotatable bonds is 4. The highest BCUT2D eigenvalue weighted by molar-refractivity contribution is 7.20. The van der Waals surface area contributed by atoms with E-state index in [1.54, 1.807) is 6.33 Å². The van der Waals surface area contributed by atoms with Gasteiger partial charge >= 0.3 is 0 Å². The normalized spacial score (nSPS) is 14.2. The third kappa shape index (κ3) is 3.17. The van der Waals surface area contributed by atoms with E-state index in [1.807, 2.05) is 19.1 Å². The van der Waals surface area contributed by atoms with Crippen LogP contribution in [0.15, 0.2) is 30.6 Å². The van der Waals surface area contributed by atoms with Crippen molar-refractivity contribution in [2.45, 2.75) is 33.2 Å². The van der Waals surface area contributed by atoms with E-state index in [0.29, 0.717) is 6.54 Å². The van der Waals surface area contributed by atoms with E-state index >= 15 is 0 Å². The first-order valence-corrected chi connectivity index (χ1v) is 9.78. The molecule has 0 spiro atoms. The third-order valence-corrected chi connectivity index (χ3v) is 6.05. The summed E-state index contributed by atoms with van der Waals surface area (Å²) < 4.78 is 0. The fraction of sp³-hybridized carbons (Fsp3) is 0.350. The van der Waals surface area contributed by atoms with Gasteiger partial charge in [0.1, 0.15) is 17.0 Å². The van der Waals surface area contributed by atoms with E-state index in [-0.39, 0.29) is 5.91 Å². The van der Waals surface area contributed by atoms with Gasteiger partial charge in [-0.1, -0.05) is 29.8 Å². The van der Waals surface area contributed by atoms with Crippen LogP contribution in [0.25, 0.3) is 10.2 Å². The van der Waals surface area contributed by atoms with Crippen molar-refractivity contribution in [3.63, 3.8) is 0 Å². The number of carbonyl (C=O) groups is 1. The van der Waals surface area contributed by atoms with Crippen LogP contribution in [0.4, 0.5) is 5.82 Å². The van der Waals surface area contributed by atoms with Crippen LogP contribution >= 0.6 is 11.3 Å². The van der Waals surface area contributed by atoms with Gasteiger partial charge in [-0.2, -0.15) is 0 Å². The highest BCUT2D eigenvalue weighted by Crippen LogP contribution is 2.35. The van der Waals surface area contributed by atoms with Crippen molar-refractivity contribution < 1.29 is 4.79 Å². The number of carbonyl (C=O) groups excluding carboxylic acids is 1. The maximum atomic E-state index is 12.8. The van der Waals surface area contributed by atoms with Gasteiger partial charge in [0.2, 0.25) is 0 Å². The Labute approximate surface area is 157 Å². The van der Waals surface area contributed by atoms with Crippen molar-refractivity contribution in [3.8, 4) is 0 Å². The Hall–Kier alpha value is -2.47. The number of hydrogen-bond donors (Lipinski definition) is 1. The van der Waals surface area contributed by atoms with Crippen molar-refractivity contribution in [2.75, 3.05) is 18.0 Å². The minimum atomic E-state index is -0.0422. The Morgan fingerprint density at radius 2 is 2.04 bits per heavy atom. The summed E-state index contributed by atoms with van der Waals surface area (Å²) in [7, 11) is 0. The number of aryl methyl sites for hydroxylation is 2. The lowest BCUT2D eigenvalue weighted by Crippen LogP contribution is -2.22. The number of anilines is 1. The molecule has 1 N–H and O–H groups in total. The Morgan fingerprint density at radius 1 is 1.23 bits per heavy atom. The smallest absolute Gasteiger partial charge is 0.261 e. The lowest BCUT2D eigenvalue weighted by Gasteiger charge is -2.17. The number of benzene rings is 1. The van der Waals surface area contributed by atoms with Crippen molar-refractivity contribution in [3.05, 3.63) is 52.2 Å². The van der Waals surface area contributed by atoms with Gasteiger partial charge in [-0.3, -0.25) is 4.79 Å². The van der Waals surface area contributed by atoms with Crippen molar-refractivity contribution in [1.82, 2.24) is 15.3 Å². The summed E-state index contributed by atoms with van der Waals surface area (Å²) in [6, 6.07) is 8.19. The summed E-state index contributed by atoms with van der Waals surface area (Å²) in [5.41, 5.74) is 3.28. The average molecular weight is 366 g/mol. The standard InChI is InChI=1S/C20H22N4OS/c1-13-6-5-7-15(10-13)11-21-19(25)17-14(2)16-18(24-8-3-4-9-24)22-12-23-20(16)26-17/h5-7,10,12H,3-4,8-9,11H2,1-2H3,(H,21,25). The first kappa shape index (κ1) is 17.0. The molecule has 0 radical (unpaired) electrons. The Morgan fingerprint density at radius 3 is 2.81 bits per heavy atom. The van der Waals surface area contributed by atoms with E-state index in [1.165, 1.54) is 29.7 Å². The molecule has 26 heavy (non-hydrogen) atoms. The largest absolute Gasteiger partial charge is 0.356 e. The summed E-state index contributed by atoms with van der Waals surface area (Å²) in [5, 5.41) is 4.07. The fourth-order valence-corrected chi connectivity index (χ4v) is 4.58. The van der Waals surface area contributed by atoms with Crippen molar-refractivity contribution >= 4 is 33.3 Å². The van der Waals surface area contributed by atoms with Crippen LogP contribution < -0.4 is 10.2 Å². The van der Waals surface area contributed by atoms with Gasteiger partial charge in [0, 0.05) is 19.6 Å². The van der Waals surface area contributed by atoms with E-state index in [9.17, 15) is 4.79 Å². The van der Waals surface area contributed by atoms with E-state index in [0.717, 1.165) is 45.1 Å². The highest BCUT2D eigenvalue weighted by Gasteiger charge is 2.23. The lowest BCUT2D eigenvalue weighted by atomic mass is 10.1. The van der Waals surface area contributed by atoms with Gasteiger partial charge in [0.25, 0.3) is 5.91 Å². The van der Waals surface area contributed by atoms with Gasteiger partial charge in [-0.15, -0.1) is 11.3 Å². The maximum Gasteiger partial charge on any atom is 0.261 e. The molecule has 4 rings (SSSR count). The average Bonchev–Trinajstić information content (AvgIpc) is 3.28. The second-order valence-corrected chi connectivity index (χ2v) is 7.80. The number of amides is 1. The molecule has 0 unspecified atom stereocenters. The van der Waals surface area contributed by atoms with Crippen LogP contribution in [-0.4, -0.2) is 29.0 Å². The molecule has 3 heterocycles. The molecule has 1 amide bonds. The molecule has 3 aromatic rings. The number of nitrogens with zero attached hydrogens (tertiary/aromatic N) is 3. The molecule has 1 saturated heterocycles. The van der Waals surface area contributed by atoms with E-state index in [2.05, 4.69) is 39.2 Å². The minimum absolute atomic E-state index is 0.0422. The topological polar surface area (TPSA) is 58.1 Å². The first-order valence-electron chi connectivity index (χ1n) is 8.96. The predicted molar refractivity (Wildman–Crippen MR) is 106 cm³/mol. The summed E-state index contributed by atoms with van der Waals surface area (Å²) >= 11 is 1.45. The van der Waals surface area contributed by atoms with Gasteiger partial charge in [-0.05, 0) is 37.8 Å². The molecule has 0 bridgehead atoms. The van der Waals surface area contributed by atoms with Crippen LogP contribution in [0.3, 0.4) is 0 Å². The van der Waals surface area contributed by atoms with Gasteiger partial charge in [-0.25, -0.2) is 9.97 Å². The van der Waals surface area contributed by atoms with Crippen LogP contribution in [-0.2, 0) is 6.54 Å². The zero-order valence-electron chi connectivity index (χ0n) is 15.1. The maximum absolute atomic E-state index is 12.8. The lowest BCUT2D eigenvalue weighted by molar-refractivity contribution is 0.0954. The number of fused-ring (bicyclic) bond motifs is 1. The number of thiophene rings is 1. The monoisotopic (exact) mass is 366 g/mol. The molecule has 134 valence electrons. The number of aromatic nitrogens is 2. The Bertz CT molecular complexity index is 960. The van der Waals surface area contributed by atoms with Crippen LogP contribution in [0.5, 0.6) is 0 Å². The fourth-order valence-electron chi connectivity index (χ4n) is 3.52. The zero-order valence-corrected chi connectivity index (χ0v) is 15.9. The SMILES string of the molecule is Cc1cccc(CNC(=O)c2sc3ncnc(N4CCCC4)c3c2C)c1. The Kier molecular flexibility index (Phi) is 4.59. The quantitative estimate of drug-likeness (QED) is 0.762. The molecule has 1 aliphatic rings. The van der Waals surface area contributed by atoms with E-state index < -0.39 is 0 Å². The second kappa shape index (κ2) is 7.03. The molecule has 0 aliphatic carbocycles. The molecule has 1 aromatic carbocycles. The predicted octanol–water partition coefficient (Wildman–Crippen LogP) is 3.84. The van der Waals surface area contributed by atoms with Crippen LogP contribution in [0, 0.1) is 13.8 Å². The summed E-state index contributed by atoms with van der Waals surface area (Å²) in [4.78, 5) is 25.6. The van der Waals surface area contributed by atoms with Gasteiger partial charge < -0.3 is 10.2 Å².